The summed E-state index contributed by atoms with van der Waals surface area (Å²) in [6, 6.07) is 28.1. The molecule has 1 aliphatic rings. The molecule has 0 spiro atoms. The Morgan fingerprint density at radius 3 is 1.39 bits per heavy atom. The van der Waals surface area contributed by atoms with Gasteiger partial charge in [-0.25, -0.2) is 0 Å². The summed E-state index contributed by atoms with van der Waals surface area (Å²) in [5.74, 6) is -1.51. The van der Waals surface area contributed by atoms with E-state index in [-0.39, 0.29) is 0 Å². The van der Waals surface area contributed by atoms with E-state index in [0.717, 1.165) is 73.1 Å². The van der Waals surface area contributed by atoms with Gasteiger partial charge in [-0.05, 0) is 59.7 Å². The van der Waals surface area contributed by atoms with Gasteiger partial charge in [-0.2, -0.15) is 0 Å². The van der Waals surface area contributed by atoms with Crippen LogP contribution in [0, 0.1) is 0 Å². The monoisotopic (exact) mass is 582 g/mol. The van der Waals surface area contributed by atoms with Crippen LogP contribution in [0.25, 0.3) is 43.1 Å². The quantitative estimate of drug-likeness (QED) is 0.192. The van der Waals surface area contributed by atoms with Crippen LogP contribution in [-0.2, 0) is 0 Å². The number of nitrogens with zero attached hydrogens (tertiary/aromatic N) is 2. The van der Waals surface area contributed by atoms with Gasteiger partial charge in [0.15, 0.2) is 0 Å². The van der Waals surface area contributed by atoms with Crippen LogP contribution in [0.4, 0.5) is 22.7 Å². The van der Waals surface area contributed by atoms with E-state index >= 15 is 0 Å². The minimum absolute atomic E-state index is 0.549. The Morgan fingerprint density at radius 1 is 0.545 bits per heavy atom. The van der Waals surface area contributed by atoms with Gasteiger partial charge in [0.05, 0.1) is 11.4 Å². The highest BCUT2D eigenvalue weighted by Gasteiger charge is 2.42. The van der Waals surface area contributed by atoms with E-state index in [1.54, 1.807) is 0 Å². The third-order valence-electron chi connectivity index (χ3n) is 9.80. The summed E-state index contributed by atoms with van der Waals surface area (Å²) in [5, 5.41) is 36.9. The molecule has 1 aliphatic carbocycles. The minimum atomic E-state index is -1.17. The molecule has 0 radical (unpaired) electrons. The van der Waals surface area contributed by atoms with Crippen molar-refractivity contribution < 1.29 is 10.2 Å². The number of hydrogen-bond donors (Lipinski definition) is 2. The Balaban J connectivity index is 1.50. The second-order valence-electron chi connectivity index (χ2n) is 12.2. The largest absolute Gasteiger partial charge is 0.851 e. The van der Waals surface area contributed by atoms with E-state index in [9.17, 15) is 10.2 Å². The number of nitrogen functional groups attached to an aromatic ring is 2. The van der Waals surface area contributed by atoms with Gasteiger partial charge >= 0.3 is 0 Å². The molecule has 6 heteroatoms. The highest BCUT2D eigenvalue weighted by atomic mass is 16.3. The van der Waals surface area contributed by atoms with E-state index in [1.165, 1.54) is 0 Å². The van der Waals surface area contributed by atoms with E-state index in [0.29, 0.717) is 16.9 Å². The molecule has 7 rings (SSSR count). The second-order valence-corrected chi connectivity index (χ2v) is 12.2. The van der Waals surface area contributed by atoms with Gasteiger partial charge in [0.1, 0.15) is 0 Å². The molecule has 1 fully saturated rings. The zero-order chi connectivity index (χ0) is 30.9. The van der Waals surface area contributed by atoms with Gasteiger partial charge in [-0.15, -0.1) is 12.2 Å². The minimum Gasteiger partial charge on any atom is -0.851 e. The first kappa shape index (κ1) is 28.3. The smallest absolute Gasteiger partial charge is 0.0525 e. The first-order chi connectivity index (χ1) is 21.3. The van der Waals surface area contributed by atoms with Gasteiger partial charge in [-0.3, -0.25) is 0 Å². The number of fused-ring (bicyclic) bond motifs is 4. The lowest BCUT2D eigenvalue weighted by molar-refractivity contribution is -0.535. The van der Waals surface area contributed by atoms with E-state index < -0.39 is 24.0 Å². The van der Waals surface area contributed by atoms with Crippen molar-refractivity contribution in [1.82, 2.24) is 0 Å². The number of hydrogen-bond acceptors (Lipinski definition) is 6. The molecule has 6 aromatic rings. The average Bonchev–Trinajstić information content (AvgIpc) is 3.02. The number of anilines is 4. The number of nitrogens with two attached hydrogens (primary N) is 2. The lowest BCUT2D eigenvalue weighted by atomic mass is 9.60. The first-order valence-electron chi connectivity index (χ1n) is 15.5. The molecule has 0 amide bonds. The Hall–Kier alpha value is -4.52. The summed E-state index contributed by atoms with van der Waals surface area (Å²) in [4.78, 5) is 4.41. The third-order valence-corrected chi connectivity index (χ3v) is 9.80. The summed E-state index contributed by atoms with van der Waals surface area (Å²) in [6.45, 7) is 6.03. The Labute approximate surface area is 258 Å². The highest BCUT2D eigenvalue weighted by molar-refractivity contribution is 6.20. The van der Waals surface area contributed by atoms with E-state index in [4.69, 9.17) is 11.5 Å². The molecule has 1 saturated carbocycles. The van der Waals surface area contributed by atoms with Crippen LogP contribution in [0.2, 0.25) is 0 Å². The van der Waals surface area contributed by atoms with Gasteiger partial charge < -0.3 is 31.5 Å². The number of benzene rings is 6. The summed E-state index contributed by atoms with van der Waals surface area (Å²) < 4.78 is 0. The number of rotatable bonds is 6. The maximum atomic E-state index is 14.7. The first-order valence-corrected chi connectivity index (χ1v) is 15.5. The SMILES string of the molecule is CCN(CC)c1c2ccccc2c(C2C([O-])C(c3c4c(N)cccc4c(N(C)C)c4cccc(N)c34)C2[O-])c2ccccc12. The zero-order valence-electron chi connectivity index (χ0n) is 25.7. The maximum absolute atomic E-state index is 14.7. The van der Waals surface area contributed by atoms with Crippen LogP contribution < -0.4 is 31.5 Å². The third kappa shape index (κ3) is 3.87. The zero-order valence-corrected chi connectivity index (χ0v) is 25.7. The molecule has 2 unspecified atom stereocenters. The lowest BCUT2D eigenvalue weighted by Crippen LogP contribution is -2.63. The van der Waals surface area contributed by atoms with Crippen LogP contribution in [0.3, 0.4) is 0 Å². The standard InChI is InChI=1S/C38H38N4O2/c1-5-42(6-2)36-23-15-9-7-13-21(23)29(22-14-8-10-16-24(22)36)33-37(43)34(38(33)44)32-30-25(17-11-19-27(30)39)35(41(3)4)26-18-12-20-28(40)31(26)32/h7-20,33-34,37-38H,5-6,39-40H2,1-4H3/q-2. The Bertz CT molecular complexity index is 1940. The molecule has 0 aromatic heterocycles. The summed E-state index contributed by atoms with van der Waals surface area (Å²) in [6.07, 6.45) is -2.33. The van der Waals surface area contributed by atoms with Crippen molar-refractivity contribution in [2.45, 2.75) is 37.9 Å². The molecule has 6 nitrogen and oxygen atoms in total. The lowest BCUT2D eigenvalue weighted by Gasteiger charge is -2.62. The van der Waals surface area contributed by atoms with Crippen molar-refractivity contribution in [3.8, 4) is 0 Å². The summed E-state index contributed by atoms with van der Waals surface area (Å²) in [7, 11) is 3.98. The molecule has 0 saturated heterocycles. The molecule has 224 valence electrons. The summed E-state index contributed by atoms with van der Waals surface area (Å²) >= 11 is 0. The average molecular weight is 583 g/mol. The fourth-order valence-electron chi connectivity index (χ4n) is 7.93. The molecular weight excluding hydrogens is 544 g/mol. The maximum Gasteiger partial charge on any atom is 0.0525 e. The summed E-state index contributed by atoms with van der Waals surface area (Å²) in [5.41, 5.74) is 18.1. The van der Waals surface area contributed by atoms with Crippen molar-refractivity contribution in [3.63, 3.8) is 0 Å². The Kier molecular flexibility index (Phi) is 6.80. The fourth-order valence-corrected chi connectivity index (χ4v) is 7.93. The van der Waals surface area contributed by atoms with Crippen molar-refractivity contribution in [2.75, 3.05) is 48.5 Å². The van der Waals surface area contributed by atoms with Crippen LogP contribution in [0.15, 0.2) is 84.9 Å². The molecule has 0 bridgehead atoms. The second kappa shape index (κ2) is 10.6. The molecule has 4 N–H and O–H groups in total. The molecule has 0 heterocycles. The normalized spacial score (nSPS) is 20.0. The molecule has 6 aromatic carbocycles. The predicted octanol–water partition coefficient (Wildman–Crippen LogP) is 5.71. The molecule has 0 aliphatic heterocycles. The molecular formula is C38H38N4O2-2. The van der Waals surface area contributed by atoms with E-state index in [1.807, 2.05) is 74.8 Å². The van der Waals surface area contributed by atoms with Gasteiger partial charge in [0.2, 0.25) is 0 Å². The van der Waals surface area contributed by atoms with E-state index in [2.05, 4.69) is 47.9 Å². The predicted molar refractivity (Wildman–Crippen MR) is 183 cm³/mol. The van der Waals surface area contributed by atoms with Crippen LogP contribution in [0.5, 0.6) is 0 Å². The van der Waals surface area contributed by atoms with Crippen molar-refractivity contribution >= 4 is 65.8 Å². The van der Waals surface area contributed by atoms with Crippen molar-refractivity contribution in [2.24, 2.45) is 0 Å². The van der Waals surface area contributed by atoms with Crippen LogP contribution in [-0.4, -0.2) is 39.4 Å². The fraction of sp³-hybridized carbons (Fsp3) is 0.263. The molecule has 44 heavy (non-hydrogen) atoms. The van der Waals surface area contributed by atoms with Crippen molar-refractivity contribution in [3.05, 3.63) is 96.1 Å². The van der Waals surface area contributed by atoms with Crippen LogP contribution >= 0.6 is 0 Å². The molecule has 2 atom stereocenters. The van der Waals surface area contributed by atoms with Gasteiger partial charge in [0, 0.05) is 70.9 Å². The topological polar surface area (TPSA) is 105 Å². The Morgan fingerprint density at radius 2 is 0.955 bits per heavy atom. The van der Waals surface area contributed by atoms with Gasteiger partial charge in [0.25, 0.3) is 0 Å². The highest BCUT2D eigenvalue weighted by Crippen LogP contribution is 2.55. The van der Waals surface area contributed by atoms with Crippen LogP contribution in [0.1, 0.15) is 36.8 Å². The van der Waals surface area contributed by atoms with Gasteiger partial charge in [-0.1, -0.05) is 72.8 Å². The van der Waals surface area contributed by atoms with Crippen molar-refractivity contribution in [1.29, 1.82) is 0 Å².